The van der Waals surface area contributed by atoms with Gasteiger partial charge in [-0.05, 0) is 25.8 Å². The SMILES string of the molecule is CCCN(CCC)C(=O)Cc1c(-c2ccc(C)cc2)nc2ccc(OC)nn12. The first-order valence-corrected chi connectivity index (χ1v) is 9.84. The van der Waals surface area contributed by atoms with Crippen molar-refractivity contribution in [2.75, 3.05) is 20.2 Å². The summed E-state index contributed by atoms with van der Waals surface area (Å²) in [6.07, 6.45) is 2.14. The van der Waals surface area contributed by atoms with Crippen LogP contribution < -0.4 is 4.74 Å². The Morgan fingerprint density at radius 2 is 1.75 bits per heavy atom. The van der Waals surface area contributed by atoms with Crippen LogP contribution in [-0.2, 0) is 11.2 Å². The monoisotopic (exact) mass is 380 g/mol. The van der Waals surface area contributed by atoms with E-state index in [1.54, 1.807) is 17.7 Å². The topological polar surface area (TPSA) is 59.7 Å². The van der Waals surface area contributed by atoms with Crippen molar-refractivity contribution in [2.45, 2.75) is 40.0 Å². The van der Waals surface area contributed by atoms with E-state index in [1.807, 2.05) is 23.1 Å². The molecule has 0 N–H and O–H groups in total. The fraction of sp³-hybridized carbons (Fsp3) is 0.409. The lowest BCUT2D eigenvalue weighted by molar-refractivity contribution is -0.130. The summed E-state index contributed by atoms with van der Waals surface area (Å²) in [5, 5.41) is 4.52. The third-order valence-corrected chi connectivity index (χ3v) is 4.74. The summed E-state index contributed by atoms with van der Waals surface area (Å²) in [7, 11) is 1.58. The van der Waals surface area contributed by atoms with Crippen molar-refractivity contribution < 1.29 is 9.53 Å². The van der Waals surface area contributed by atoms with Gasteiger partial charge >= 0.3 is 0 Å². The number of aryl methyl sites for hydroxylation is 1. The molecular weight excluding hydrogens is 352 g/mol. The van der Waals surface area contributed by atoms with Crippen molar-refractivity contribution in [3.63, 3.8) is 0 Å². The van der Waals surface area contributed by atoms with E-state index < -0.39 is 0 Å². The predicted octanol–water partition coefficient (Wildman–Crippen LogP) is 3.90. The van der Waals surface area contributed by atoms with Crippen LogP contribution >= 0.6 is 0 Å². The molecule has 0 saturated heterocycles. The Morgan fingerprint density at radius 3 is 2.36 bits per heavy atom. The molecule has 3 aromatic rings. The third-order valence-electron chi connectivity index (χ3n) is 4.74. The molecule has 0 unspecified atom stereocenters. The van der Waals surface area contributed by atoms with Crippen molar-refractivity contribution >= 4 is 11.6 Å². The molecule has 0 radical (unpaired) electrons. The molecule has 0 aliphatic carbocycles. The number of imidazole rings is 1. The minimum Gasteiger partial charge on any atom is -0.480 e. The van der Waals surface area contributed by atoms with Crippen LogP contribution in [-0.4, -0.2) is 45.6 Å². The molecule has 2 aromatic heterocycles. The minimum absolute atomic E-state index is 0.100. The van der Waals surface area contributed by atoms with Gasteiger partial charge in [-0.3, -0.25) is 4.79 Å². The average molecular weight is 380 g/mol. The number of amides is 1. The highest BCUT2D eigenvalue weighted by molar-refractivity contribution is 5.81. The quantitative estimate of drug-likeness (QED) is 0.595. The molecule has 6 nitrogen and oxygen atoms in total. The molecule has 0 bridgehead atoms. The molecule has 0 saturated carbocycles. The Hall–Kier alpha value is -2.89. The van der Waals surface area contributed by atoms with Gasteiger partial charge in [0.2, 0.25) is 11.8 Å². The second-order valence-electron chi connectivity index (χ2n) is 6.98. The molecule has 148 valence electrons. The molecule has 0 fully saturated rings. The molecule has 0 aliphatic heterocycles. The molecule has 1 aromatic carbocycles. The van der Waals surface area contributed by atoms with Crippen LogP contribution in [0, 0.1) is 6.92 Å². The van der Waals surface area contributed by atoms with E-state index in [9.17, 15) is 4.79 Å². The number of rotatable bonds is 8. The van der Waals surface area contributed by atoms with Crippen molar-refractivity contribution in [2.24, 2.45) is 0 Å². The van der Waals surface area contributed by atoms with Gasteiger partial charge in [0.1, 0.15) is 0 Å². The molecule has 3 rings (SSSR count). The summed E-state index contributed by atoms with van der Waals surface area (Å²) >= 11 is 0. The lowest BCUT2D eigenvalue weighted by Crippen LogP contribution is -2.34. The van der Waals surface area contributed by atoms with Crippen LogP contribution in [0.4, 0.5) is 0 Å². The Morgan fingerprint density at radius 1 is 1.07 bits per heavy atom. The van der Waals surface area contributed by atoms with Crippen LogP contribution in [0.1, 0.15) is 37.9 Å². The van der Waals surface area contributed by atoms with E-state index in [1.165, 1.54) is 5.56 Å². The molecule has 1 amide bonds. The Balaban J connectivity index is 2.07. The van der Waals surface area contributed by atoms with Crippen molar-refractivity contribution in [3.8, 4) is 17.1 Å². The highest BCUT2D eigenvalue weighted by atomic mass is 16.5. The van der Waals surface area contributed by atoms with Crippen molar-refractivity contribution in [3.05, 3.63) is 47.7 Å². The molecular formula is C22H28N4O2. The van der Waals surface area contributed by atoms with Gasteiger partial charge in [-0.2, -0.15) is 0 Å². The third kappa shape index (κ3) is 4.16. The molecule has 28 heavy (non-hydrogen) atoms. The summed E-state index contributed by atoms with van der Waals surface area (Å²) in [5.41, 5.74) is 4.45. The summed E-state index contributed by atoms with van der Waals surface area (Å²) in [4.78, 5) is 19.7. The lowest BCUT2D eigenvalue weighted by atomic mass is 10.1. The van der Waals surface area contributed by atoms with E-state index >= 15 is 0 Å². The summed E-state index contributed by atoms with van der Waals surface area (Å²) in [6, 6.07) is 11.8. The number of ether oxygens (including phenoxy) is 1. The van der Waals surface area contributed by atoms with E-state index in [-0.39, 0.29) is 12.3 Å². The largest absolute Gasteiger partial charge is 0.480 e. The van der Waals surface area contributed by atoms with E-state index in [4.69, 9.17) is 9.72 Å². The maximum Gasteiger partial charge on any atom is 0.231 e. The number of methoxy groups -OCH3 is 1. The second kappa shape index (κ2) is 8.87. The van der Waals surface area contributed by atoms with Crippen molar-refractivity contribution in [1.82, 2.24) is 19.5 Å². The molecule has 2 heterocycles. The first-order chi connectivity index (χ1) is 13.6. The molecule has 0 aliphatic rings. The number of hydrogen-bond donors (Lipinski definition) is 0. The molecule has 0 spiro atoms. The van der Waals surface area contributed by atoms with Crippen LogP contribution in [0.15, 0.2) is 36.4 Å². The van der Waals surface area contributed by atoms with Gasteiger partial charge in [-0.25, -0.2) is 9.50 Å². The van der Waals surface area contributed by atoms with Gasteiger partial charge in [-0.15, -0.1) is 5.10 Å². The zero-order valence-electron chi connectivity index (χ0n) is 17.1. The molecule has 0 atom stereocenters. The number of aromatic nitrogens is 3. The minimum atomic E-state index is 0.100. The highest BCUT2D eigenvalue weighted by Crippen LogP contribution is 2.26. The van der Waals surface area contributed by atoms with E-state index in [2.05, 4.69) is 38.0 Å². The van der Waals surface area contributed by atoms with Crippen LogP contribution in [0.2, 0.25) is 0 Å². The fourth-order valence-corrected chi connectivity index (χ4v) is 3.33. The lowest BCUT2D eigenvalue weighted by Gasteiger charge is -2.21. The first kappa shape index (κ1) is 19.9. The number of hydrogen-bond acceptors (Lipinski definition) is 4. The second-order valence-corrected chi connectivity index (χ2v) is 6.98. The van der Waals surface area contributed by atoms with Gasteiger partial charge in [0.05, 0.1) is 24.9 Å². The summed E-state index contributed by atoms with van der Waals surface area (Å²) < 4.78 is 7.02. The first-order valence-electron chi connectivity index (χ1n) is 9.84. The number of carbonyl (C=O) groups is 1. The van der Waals surface area contributed by atoms with E-state index in [0.717, 1.165) is 42.9 Å². The number of benzene rings is 1. The molecule has 6 heteroatoms. The van der Waals surface area contributed by atoms with E-state index in [0.29, 0.717) is 11.5 Å². The maximum absolute atomic E-state index is 13.1. The normalized spacial score (nSPS) is 11.0. The van der Waals surface area contributed by atoms with Gasteiger partial charge < -0.3 is 9.64 Å². The Labute approximate surface area is 166 Å². The van der Waals surface area contributed by atoms with Gasteiger partial charge in [0.25, 0.3) is 0 Å². The number of carbonyl (C=O) groups excluding carboxylic acids is 1. The van der Waals surface area contributed by atoms with Gasteiger partial charge in [-0.1, -0.05) is 43.7 Å². The van der Waals surface area contributed by atoms with Gasteiger partial charge in [0, 0.05) is 24.7 Å². The van der Waals surface area contributed by atoms with Crippen LogP contribution in [0.25, 0.3) is 16.9 Å². The maximum atomic E-state index is 13.1. The highest BCUT2D eigenvalue weighted by Gasteiger charge is 2.21. The van der Waals surface area contributed by atoms with Gasteiger partial charge in [0.15, 0.2) is 5.65 Å². The summed E-state index contributed by atoms with van der Waals surface area (Å²) in [5.74, 6) is 0.594. The number of nitrogens with zero attached hydrogens (tertiary/aromatic N) is 4. The average Bonchev–Trinajstić information content (AvgIpc) is 3.05. The van der Waals surface area contributed by atoms with Crippen molar-refractivity contribution in [1.29, 1.82) is 0 Å². The Bertz CT molecular complexity index is 941. The zero-order valence-corrected chi connectivity index (χ0v) is 17.1. The number of fused-ring (bicyclic) bond motifs is 1. The smallest absolute Gasteiger partial charge is 0.231 e. The zero-order chi connectivity index (χ0) is 20.1. The Kier molecular flexibility index (Phi) is 6.29. The fourth-order valence-electron chi connectivity index (χ4n) is 3.33. The standard InChI is InChI=1S/C22H28N4O2/c1-5-13-25(14-6-2)21(27)15-18-22(17-9-7-16(3)8-10-17)23-19-11-12-20(28-4)24-26(18)19/h7-12H,5-6,13-15H2,1-4H3. The van der Waals surface area contributed by atoms with Crippen LogP contribution in [0.5, 0.6) is 5.88 Å². The summed E-state index contributed by atoms with van der Waals surface area (Å²) in [6.45, 7) is 7.76. The van der Waals surface area contributed by atoms with Crippen LogP contribution in [0.3, 0.4) is 0 Å². The predicted molar refractivity (Wildman–Crippen MR) is 111 cm³/mol.